The molecular weight excluding hydrogens is 358 g/mol. The van der Waals surface area contributed by atoms with E-state index in [1.807, 2.05) is 31.2 Å². The summed E-state index contributed by atoms with van der Waals surface area (Å²) in [6.45, 7) is 1.88. The quantitative estimate of drug-likeness (QED) is 0.812. The molecule has 6 heteroatoms. The third kappa shape index (κ3) is 3.49. The summed E-state index contributed by atoms with van der Waals surface area (Å²) in [6.07, 6.45) is 0. The zero-order chi connectivity index (χ0) is 18.0. The van der Waals surface area contributed by atoms with Gasteiger partial charge in [-0.05, 0) is 30.7 Å². The minimum Gasteiger partial charge on any atom is -0.396 e. The van der Waals surface area contributed by atoms with Crippen LogP contribution in [0.5, 0.6) is 0 Å². The van der Waals surface area contributed by atoms with Crippen molar-refractivity contribution in [3.05, 3.63) is 69.6 Å². The van der Waals surface area contributed by atoms with Crippen molar-refractivity contribution in [1.82, 2.24) is 0 Å². The van der Waals surface area contributed by atoms with Crippen LogP contribution in [-0.2, 0) is 9.59 Å². The fourth-order valence-electron chi connectivity index (χ4n) is 2.62. The number of aliphatic hydroxyl groups excluding tert-OH is 1. The second-order valence-electron chi connectivity index (χ2n) is 5.57. The van der Waals surface area contributed by atoms with Gasteiger partial charge in [0.25, 0.3) is 11.8 Å². The highest BCUT2D eigenvalue weighted by atomic mass is 35.5. The first kappa shape index (κ1) is 17.7. The van der Waals surface area contributed by atoms with E-state index in [-0.39, 0.29) is 18.4 Å². The molecule has 0 saturated heterocycles. The molecule has 1 heterocycles. The van der Waals surface area contributed by atoms with Crippen LogP contribution in [0.2, 0.25) is 5.02 Å². The number of aliphatic hydroxyl groups is 1. The van der Waals surface area contributed by atoms with Crippen LogP contribution in [0.15, 0.2) is 53.4 Å². The highest BCUT2D eigenvalue weighted by molar-refractivity contribution is 8.04. The molecule has 0 radical (unpaired) electrons. The van der Waals surface area contributed by atoms with Crippen LogP contribution in [0.1, 0.15) is 11.1 Å². The Hall–Kier alpha value is -2.08. The highest BCUT2D eigenvalue weighted by Crippen LogP contribution is 2.38. The number of thioether (sulfide) groups is 1. The van der Waals surface area contributed by atoms with Gasteiger partial charge in [-0.1, -0.05) is 47.5 Å². The van der Waals surface area contributed by atoms with E-state index in [9.17, 15) is 9.59 Å². The number of carbonyl (C=O) groups is 2. The van der Waals surface area contributed by atoms with Crippen molar-refractivity contribution in [2.24, 2.45) is 0 Å². The zero-order valence-electron chi connectivity index (χ0n) is 13.5. The van der Waals surface area contributed by atoms with Crippen molar-refractivity contribution >= 4 is 46.4 Å². The van der Waals surface area contributed by atoms with Gasteiger partial charge >= 0.3 is 0 Å². The average Bonchev–Trinajstić information content (AvgIpc) is 2.84. The van der Waals surface area contributed by atoms with Gasteiger partial charge in [0.2, 0.25) is 0 Å². The van der Waals surface area contributed by atoms with Crippen LogP contribution in [0.25, 0.3) is 5.57 Å². The predicted molar refractivity (Wildman–Crippen MR) is 102 cm³/mol. The van der Waals surface area contributed by atoms with Gasteiger partial charge in [-0.2, -0.15) is 0 Å². The van der Waals surface area contributed by atoms with Gasteiger partial charge in [-0.15, -0.1) is 11.8 Å². The van der Waals surface area contributed by atoms with Crippen molar-refractivity contribution in [3.63, 3.8) is 0 Å². The maximum atomic E-state index is 13.0. The molecule has 2 aromatic rings. The van der Waals surface area contributed by atoms with E-state index in [1.54, 1.807) is 24.3 Å². The summed E-state index contributed by atoms with van der Waals surface area (Å²) in [4.78, 5) is 27.4. The van der Waals surface area contributed by atoms with Crippen LogP contribution in [0.3, 0.4) is 0 Å². The minimum absolute atomic E-state index is 0.0754. The molecule has 2 amide bonds. The van der Waals surface area contributed by atoms with E-state index in [0.29, 0.717) is 32.5 Å². The molecular formula is C19H16ClNO3S. The Labute approximate surface area is 155 Å². The molecule has 0 atom stereocenters. The Morgan fingerprint density at radius 1 is 1.08 bits per heavy atom. The Kier molecular flexibility index (Phi) is 5.27. The Morgan fingerprint density at radius 3 is 2.44 bits per heavy atom. The lowest BCUT2D eigenvalue weighted by molar-refractivity contribution is -0.119. The van der Waals surface area contributed by atoms with Gasteiger partial charge in [0.05, 0.1) is 22.8 Å². The van der Waals surface area contributed by atoms with E-state index in [2.05, 4.69) is 0 Å². The smallest absolute Gasteiger partial charge is 0.272 e. The third-order valence-corrected chi connectivity index (χ3v) is 5.07. The van der Waals surface area contributed by atoms with Crippen LogP contribution in [0, 0.1) is 6.92 Å². The number of imide groups is 1. The Morgan fingerprint density at radius 2 is 1.80 bits per heavy atom. The van der Waals surface area contributed by atoms with Crippen LogP contribution in [0.4, 0.5) is 5.69 Å². The van der Waals surface area contributed by atoms with E-state index in [0.717, 1.165) is 10.5 Å². The van der Waals surface area contributed by atoms with Gasteiger partial charge in [0, 0.05) is 10.8 Å². The topological polar surface area (TPSA) is 57.6 Å². The van der Waals surface area contributed by atoms with E-state index in [1.165, 1.54) is 11.8 Å². The number of anilines is 1. The molecule has 2 aromatic carbocycles. The normalized spacial score (nSPS) is 14.6. The zero-order valence-corrected chi connectivity index (χ0v) is 15.1. The molecule has 128 valence electrons. The number of amides is 2. The monoisotopic (exact) mass is 373 g/mol. The number of aryl methyl sites for hydroxylation is 1. The standard InChI is InChI=1S/C19H16ClNO3S/c1-12-5-7-13(8-6-12)16-17(25-10-9-22)19(24)21(18(16)23)15-4-2-3-14(20)11-15/h2-8,11,22H,9-10H2,1H3. The molecule has 1 aliphatic heterocycles. The lowest BCUT2D eigenvalue weighted by Crippen LogP contribution is -2.31. The predicted octanol–water partition coefficient (Wildman–Crippen LogP) is 3.66. The molecule has 0 saturated carbocycles. The number of benzene rings is 2. The van der Waals surface area contributed by atoms with E-state index >= 15 is 0 Å². The van der Waals surface area contributed by atoms with Gasteiger partial charge < -0.3 is 5.11 Å². The number of halogens is 1. The minimum atomic E-state index is -0.388. The summed E-state index contributed by atoms with van der Waals surface area (Å²) >= 11 is 7.20. The van der Waals surface area contributed by atoms with Crippen molar-refractivity contribution in [2.45, 2.75) is 6.92 Å². The van der Waals surface area contributed by atoms with E-state index in [4.69, 9.17) is 16.7 Å². The van der Waals surface area contributed by atoms with Crippen LogP contribution < -0.4 is 4.90 Å². The van der Waals surface area contributed by atoms with Gasteiger partial charge in [-0.25, -0.2) is 4.90 Å². The summed E-state index contributed by atoms with van der Waals surface area (Å²) < 4.78 is 0. The number of nitrogens with zero attached hydrogens (tertiary/aromatic N) is 1. The summed E-state index contributed by atoms with van der Waals surface area (Å²) in [5.74, 6) is -0.426. The summed E-state index contributed by atoms with van der Waals surface area (Å²) in [6, 6.07) is 14.1. The summed E-state index contributed by atoms with van der Waals surface area (Å²) in [5, 5.41) is 9.57. The van der Waals surface area contributed by atoms with Crippen molar-refractivity contribution < 1.29 is 14.7 Å². The molecule has 0 bridgehead atoms. The van der Waals surface area contributed by atoms with Crippen molar-refractivity contribution in [3.8, 4) is 0 Å². The van der Waals surface area contributed by atoms with Gasteiger partial charge in [0.15, 0.2) is 0 Å². The summed E-state index contributed by atoms with van der Waals surface area (Å²) in [5.41, 5.74) is 2.56. The number of hydrogen-bond donors (Lipinski definition) is 1. The largest absolute Gasteiger partial charge is 0.396 e. The molecule has 0 unspecified atom stereocenters. The molecule has 1 aliphatic rings. The van der Waals surface area contributed by atoms with Crippen LogP contribution >= 0.6 is 23.4 Å². The Balaban J connectivity index is 2.07. The molecule has 25 heavy (non-hydrogen) atoms. The first-order valence-corrected chi connectivity index (χ1v) is 9.08. The lowest BCUT2D eigenvalue weighted by Gasteiger charge is -2.15. The fraction of sp³-hybridized carbons (Fsp3) is 0.158. The number of hydrogen-bond acceptors (Lipinski definition) is 4. The van der Waals surface area contributed by atoms with Crippen molar-refractivity contribution in [2.75, 3.05) is 17.3 Å². The molecule has 4 nitrogen and oxygen atoms in total. The van der Waals surface area contributed by atoms with Gasteiger partial charge in [-0.3, -0.25) is 9.59 Å². The average molecular weight is 374 g/mol. The second-order valence-corrected chi connectivity index (χ2v) is 7.11. The lowest BCUT2D eigenvalue weighted by atomic mass is 10.0. The second kappa shape index (κ2) is 7.44. The van der Waals surface area contributed by atoms with E-state index < -0.39 is 0 Å². The first-order chi connectivity index (χ1) is 12.0. The molecule has 3 rings (SSSR count). The SMILES string of the molecule is Cc1ccc(C2=C(SCCO)C(=O)N(c3cccc(Cl)c3)C2=O)cc1. The molecule has 0 aliphatic carbocycles. The molecule has 0 fully saturated rings. The van der Waals surface area contributed by atoms with Crippen molar-refractivity contribution in [1.29, 1.82) is 0 Å². The maximum Gasteiger partial charge on any atom is 0.272 e. The van der Waals surface area contributed by atoms with Gasteiger partial charge in [0.1, 0.15) is 0 Å². The Bertz CT molecular complexity index is 861. The summed E-state index contributed by atoms with van der Waals surface area (Å²) in [7, 11) is 0. The first-order valence-electron chi connectivity index (χ1n) is 7.72. The fourth-order valence-corrected chi connectivity index (χ4v) is 3.66. The maximum absolute atomic E-state index is 13.0. The number of carbonyl (C=O) groups excluding carboxylic acids is 2. The molecule has 1 N–H and O–H groups in total. The number of rotatable bonds is 5. The molecule has 0 spiro atoms. The molecule has 0 aromatic heterocycles. The third-order valence-electron chi connectivity index (χ3n) is 3.79. The van der Waals surface area contributed by atoms with Crippen LogP contribution in [-0.4, -0.2) is 29.3 Å². The highest BCUT2D eigenvalue weighted by Gasteiger charge is 2.40.